The Kier molecular flexibility index (Phi) is 5.01. The van der Waals surface area contributed by atoms with Gasteiger partial charge < -0.3 is 9.47 Å². The molecule has 2 aliphatic rings. The maximum atomic E-state index is 12.8. The molecular weight excluding hydrogens is 334 g/mol. The average Bonchev–Trinajstić information content (AvgIpc) is 3.20. The molecule has 0 N–H and O–H groups in total. The zero-order valence-corrected chi connectivity index (χ0v) is 15.0. The second-order valence-electron chi connectivity index (χ2n) is 6.41. The fourth-order valence-electron chi connectivity index (χ4n) is 3.57. The number of amides is 1. The molecule has 0 aromatic carbocycles. The molecule has 8 heteroatoms. The molecule has 0 unspecified atom stereocenters. The van der Waals surface area contributed by atoms with Crippen LogP contribution in [0.15, 0.2) is 17.6 Å². The van der Waals surface area contributed by atoms with E-state index in [4.69, 9.17) is 0 Å². The standard InChI is InChI=1S/C15H23N3O3S2/c1-17-8-7-16-15(17)22-10-14(19)18(12-4-2-3-5-12)13-6-9-23(20,21)11-13/h7-8,12-13H,2-6,9-11H2,1H3/t13-/m1/s1. The van der Waals surface area contributed by atoms with E-state index in [9.17, 15) is 13.2 Å². The Morgan fingerprint density at radius 1 is 1.35 bits per heavy atom. The summed E-state index contributed by atoms with van der Waals surface area (Å²) in [7, 11) is -1.08. The molecule has 0 bridgehead atoms. The van der Waals surface area contributed by atoms with Crippen LogP contribution in [0.2, 0.25) is 0 Å². The molecule has 1 aromatic rings. The van der Waals surface area contributed by atoms with Crippen molar-refractivity contribution in [2.24, 2.45) is 7.05 Å². The third kappa shape index (κ3) is 3.91. The van der Waals surface area contributed by atoms with Gasteiger partial charge in [0, 0.05) is 31.5 Å². The molecule has 1 saturated heterocycles. The number of sulfone groups is 1. The van der Waals surface area contributed by atoms with Crippen molar-refractivity contribution in [3.63, 3.8) is 0 Å². The van der Waals surface area contributed by atoms with E-state index in [1.165, 1.54) is 11.8 Å². The van der Waals surface area contributed by atoms with Crippen molar-refractivity contribution in [1.82, 2.24) is 14.5 Å². The molecular formula is C15H23N3O3S2. The first-order valence-corrected chi connectivity index (χ1v) is 10.9. The summed E-state index contributed by atoms with van der Waals surface area (Å²) in [5, 5.41) is 0.809. The van der Waals surface area contributed by atoms with E-state index < -0.39 is 9.84 Å². The van der Waals surface area contributed by atoms with Crippen LogP contribution in [0, 0.1) is 0 Å². The van der Waals surface area contributed by atoms with Gasteiger partial charge in [0.1, 0.15) is 0 Å². The highest BCUT2D eigenvalue weighted by Gasteiger charge is 2.38. The molecule has 2 fully saturated rings. The van der Waals surface area contributed by atoms with Gasteiger partial charge in [0.25, 0.3) is 0 Å². The minimum Gasteiger partial charge on any atom is -0.335 e. The SMILES string of the molecule is Cn1ccnc1SCC(=O)N(C1CCCC1)[C@@H]1CCS(=O)(=O)C1. The van der Waals surface area contributed by atoms with E-state index in [0.29, 0.717) is 12.2 Å². The summed E-state index contributed by atoms with van der Waals surface area (Å²) in [4.78, 5) is 18.9. The monoisotopic (exact) mass is 357 g/mol. The van der Waals surface area contributed by atoms with Gasteiger partial charge in [0.05, 0.1) is 17.3 Å². The van der Waals surface area contributed by atoms with Crippen molar-refractivity contribution >= 4 is 27.5 Å². The van der Waals surface area contributed by atoms with Crippen molar-refractivity contribution in [2.75, 3.05) is 17.3 Å². The normalized spacial score (nSPS) is 24.1. The largest absolute Gasteiger partial charge is 0.335 e. The van der Waals surface area contributed by atoms with Crippen LogP contribution in [0.4, 0.5) is 0 Å². The second kappa shape index (κ2) is 6.84. The molecule has 2 heterocycles. The Hall–Kier alpha value is -1.02. The Labute approximate surface area is 141 Å². The predicted molar refractivity (Wildman–Crippen MR) is 90.1 cm³/mol. The highest BCUT2D eigenvalue weighted by molar-refractivity contribution is 7.99. The molecule has 1 aromatic heterocycles. The quantitative estimate of drug-likeness (QED) is 0.746. The number of aromatic nitrogens is 2. The molecule has 3 rings (SSSR count). The van der Waals surface area contributed by atoms with Gasteiger partial charge in [-0.1, -0.05) is 24.6 Å². The van der Waals surface area contributed by atoms with E-state index in [1.807, 2.05) is 22.7 Å². The smallest absolute Gasteiger partial charge is 0.233 e. The molecule has 1 aliphatic carbocycles. The summed E-state index contributed by atoms with van der Waals surface area (Å²) >= 11 is 1.42. The minimum absolute atomic E-state index is 0.0481. The zero-order valence-electron chi connectivity index (χ0n) is 13.3. The topological polar surface area (TPSA) is 72.3 Å². The maximum Gasteiger partial charge on any atom is 0.233 e. The van der Waals surface area contributed by atoms with Crippen LogP contribution in [0.5, 0.6) is 0 Å². The predicted octanol–water partition coefficient (Wildman–Crippen LogP) is 1.47. The van der Waals surface area contributed by atoms with Crippen LogP contribution >= 0.6 is 11.8 Å². The Bertz CT molecular complexity index is 665. The lowest BCUT2D eigenvalue weighted by Gasteiger charge is -2.34. The Morgan fingerprint density at radius 2 is 2.09 bits per heavy atom. The molecule has 1 saturated carbocycles. The summed E-state index contributed by atoms with van der Waals surface area (Å²) in [6.07, 6.45) is 8.39. The molecule has 23 heavy (non-hydrogen) atoms. The van der Waals surface area contributed by atoms with Gasteiger partial charge in [-0.2, -0.15) is 0 Å². The van der Waals surface area contributed by atoms with Crippen molar-refractivity contribution in [1.29, 1.82) is 0 Å². The van der Waals surface area contributed by atoms with Gasteiger partial charge in [0.2, 0.25) is 5.91 Å². The van der Waals surface area contributed by atoms with Gasteiger partial charge in [-0.15, -0.1) is 0 Å². The number of carbonyl (C=O) groups is 1. The van der Waals surface area contributed by atoms with Crippen LogP contribution in [0.1, 0.15) is 32.1 Å². The Morgan fingerprint density at radius 3 is 2.65 bits per heavy atom. The lowest BCUT2D eigenvalue weighted by molar-refractivity contribution is -0.132. The molecule has 1 atom stereocenters. The molecule has 1 amide bonds. The van der Waals surface area contributed by atoms with E-state index in [0.717, 1.165) is 30.8 Å². The first-order valence-electron chi connectivity index (χ1n) is 8.08. The summed E-state index contributed by atoms with van der Waals surface area (Å²) in [5.74, 6) is 0.702. The third-order valence-electron chi connectivity index (χ3n) is 4.71. The number of carbonyl (C=O) groups excluding carboxylic acids is 1. The summed E-state index contributed by atoms with van der Waals surface area (Å²) in [6.45, 7) is 0. The lowest BCUT2D eigenvalue weighted by atomic mass is 10.1. The van der Waals surface area contributed by atoms with Crippen LogP contribution in [-0.2, 0) is 21.7 Å². The van der Waals surface area contributed by atoms with E-state index in [1.54, 1.807) is 6.20 Å². The lowest BCUT2D eigenvalue weighted by Crippen LogP contribution is -2.47. The van der Waals surface area contributed by atoms with Gasteiger partial charge in [-0.05, 0) is 19.3 Å². The second-order valence-corrected chi connectivity index (χ2v) is 9.58. The molecule has 0 radical (unpaired) electrons. The number of aryl methyl sites for hydroxylation is 1. The molecule has 128 valence electrons. The summed E-state index contributed by atoms with van der Waals surface area (Å²) < 4.78 is 25.5. The van der Waals surface area contributed by atoms with Crippen LogP contribution in [0.25, 0.3) is 0 Å². The van der Waals surface area contributed by atoms with Crippen molar-refractivity contribution in [2.45, 2.75) is 49.3 Å². The van der Waals surface area contributed by atoms with Crippen molar-refractivity contribution < 1.29 is 13.2 Å². The maximum absolute atomic E-state index is 12.8. The molecule has 1 aliphatic heterocycles. The highest BCUT2D eigenvalue weighted by Crippen LogP contribution is 2.30. The Balaban J connectivity index is 1.69. The van der Waals surface area contributed by atoms with E-state index >= 15 is 0 Å². The first-order chi connectivity index (χ1) is 11.0. The van der Waals surface area contributed by atoms with Gasteiger partial charge >= 0.3 is 0 Å². The fraction of sp³-hybridized carbons (Fsp3) is 0.733. The summed E-state index contributed by atoms with van der Waals surface area (Å²) in [6, 6.07) is 0.0698. The number of imidazole rings is 1. The van der Waals surface area contributed by atoms with Crippen LogP contribution in [-0.4, -0.2) is 58.1 Å². The zero-order chi connectivity index (χ0) is 16.4. The molecule has 6 nitrogen and oxygen atoms in total. The number of thioether (sulfide) groups is 1. The minimum atomic E-state index is -2.99. The highest BCUT2D eigenvalue weighted by atomic mass is 32.2. The van der Waals surface area contributed by atoms with Gasteiger partial charge in [-0.3, -0.25) is 4.79 Å². The van der Waals surface area contributed by atoms with Crippen LogP contribution in [0.3, 0.4) is 0 Å². The van der Waals surface area contributed by atoms with Crippen molar-refractivity contribution in [3.8, 4) is 0 Å². The van der Waals surface area contributed by atoms with Crippen molar-refractivity contribution in [3.05, 3.63) is 12.4 Å². The number of rotatable bonds is 5. The molecule has 0 spiro atoms. The van der Waals surface area contributed by atoms with Gasteiger partial charge in [0.15, 0.2) is 15.0 Å². The van der Waals surface area contributed by atoms with Gasteiger partial charge in [-0.25, -0.2) is 13.4 Å². The van der Waals surface area contributed by atoms with E-state index in [-0.39, 0.29) is 29.5 Å². The number of nitrogens with zero attached hydrogens (tertiary/aromatic N) is 3. The fourth-order valence-corrected chi connectivity index (χ4v) is 6.09. The number of hydrogen-bond acceptors (Lipinski definition) is 5. The first kappa shape index (κ1) is 16.8. The number of hydrogen-bond donors (Lipinski definition) is 0. The summed E-state index contributed by atoms with van der Waals surface area (Å²) in [5.41, 5.74) is 0. The van der Waals surface area contributed by atoms with Crippen LogP contribution < -0.4 is 0 Å². The van der Waals surface area contributed by atoms with E-state index in [2.05, 4.69) is 4.98 Å². The average molecular weight is 358 g/mol. The third-order valence-corrected chi connectivity index (χ3v) is 7.50.